The van der Waals surface area contributed by atoms with Gasteiger partial charge < -0.3 is 10.1 Å². The van der Waals surface area contributed by atoms with Crippen molar-refractivity contribution in [3.8, 4) is 0 Å². The minimum Gasteiger partial charge on any atom is -0.462 e. The number of thiophene rings is 1. The van der Waals surface area contributed by atoms with Crippen LogP contribution in [0.3, 0.4) is 0 Å². The van der Waals surface area contributed by atoms with E-state index in [9.17, 15) is 4.79 Å². The molecule has 15 heavy (non-hydrogen) atoms. The number of hydrogen-bond donors (Lipinski definition) is 1. The summed E-state index contributed by atoms with van der Waals surface area (Å²) in [7, 11) is 1.85. The Morgan fingerprint density at radius 3 is 3.00 bits per heavy atom. The molecule has 0 radical (unpaired) electrons. The van der Waals surface area contributed by atoms with Gasteiger partial charge in [-0.2, -0.15) is 0 Å². The number of carbonyl (C=O) groups excluding carboxylic acids is 1. The van der Waals surface area contributed by atoms with Crippen LogP contribution >= 0.6 is 11.3 Å². The highest BCUT2D eigenvalue weighted by molar-refractivity contribution is 7.16. The van der Waals surface area contributed by atoms with Crippen molar-refractivity contribution in [2.24, 2.45) is 0 Å². The summed E-state index contributed by atoms with van der Waals surface area (Å²) in [5.41, 5.74) is 1.99. The fraction of sp³-hybridized carbons (Fsp3) is 0.545. The number of carbonyl (C=O) groups is 1. The molecule has 0 amide bonds. The Bertz CT molecular complexity index is 384. The zero-order valence-electron chi connectivity index (χ0n) is 9.05. The molecule has 0 saturated heterocycles. The lowest BCUT2D eigenvalue weighted by Gasteiger charge is -2.05. The fourth-order valence-corrected chi connectivity index (χ4v) is 3.23. The van der Waals surface area contributed by atoms with Gasteiger partial charge in [-0.25, -0.2) is 4.79 Å². The highest BCUT2D eigenvalue weighted by Crippen LogP contribution is 2.39. The summed E-state index contributed by atoms with van der Waals surface area (Å²) >= 11 is 1.69. The topological polar surface area (TPSA) is 38.3 Å². The van der Waals surface area contributed by atoms with E-state index in [0.717, 1.165) is 29.8 Å². The minimum absolute atomic E-state index is 0.179. The Morgan fingerprint density at radius 1 is 1.53 bits per heavy atom. The van der Waals surface area contributed by atoms with Gasteiger partial charge in [-0.05, 0) is 31.7 Å². The van der Waals surface area contributed by atoms with Crippen LogP contribution in [0, 0.1) is 0 Å². The monoisotopic (exact) mass is 225 g/mol. The van der Waals surface area contributed by atoms with Gasteiger partial charge in [0, 0.05) is 11.9 Å². The standard InChI is InChI=1S/C11H15NO2S/c1-3-14-11(13)9-7-5-4-6-8(7)15-10(9)12-2/h12H,3-6H2,1-2H3. The molecule has 0 aliphatic heterocycles. The van der Waals surface area contributed by atoms with Gasteiger partial charge in [0.2, 0.25) is 0 Å². The van der Waals surface area contributed by atoms with Crippen molar-refractivity contribution < 1.29 is 9.53 Å². The van der Waals surface area contributed by atoms with Crippen molar-refractivity contribution in [2.45, 2.75) is 26.2 Å². The van der Waals surface area contributed by atoms with Crippen LogP contribution in [0.1, 0.15) is 34.1 Å². The Balaban J connectivity index is 2.39. The second-order valence-corrected chi connectivity index (χ2v) is 4.64. The smallest absolute Gasteiger partial charge is 0.341 e. The largest absolute Gasteiger partial charge is 0.462 e. The maximum Gasteiger partial charge on any atom is 0.341 e. The maximum absolute atomic E-state index is 11.8. The lowest BCUT2D eigenvalue weighted by Crippen LogP contribution is -2.08. The van der Waals surface area contributed by atoms with Gasteiger partial charge in [0.05, 0.1) is 12.2 Å². The van der Waals surface area contributed by atoms with Crippen LogP contribution in [0.25, 0.3) is 0 Å². The zero-order valence-corrected chi connectivity index (χ0v) is 9.87. The molecule has 0 saturated carbocycles. The molecule has 4 heteroatoms. The number of aryl methyl sites for hydroxylation is 1. The van der Waals surface area contributed by atoms with E-state index < -0.39 is 0 Å². The van der Waals surface area contributed by atoms with E-state index in [2.05, 4.69) is 5.32 Å². The molecule has 1 N–H and O–H groups in total. The first-order chi connectivity index (χ1) is 7.27. The SMILES string of the molecule is CCOC(=O)c1c(NC)sc2c1CCC2. The van der Waals surface area contributed by atoms with Gasteiger partial charge in [-0.15, -0.1) is 11.3 Å². The van der Waals surface area contributed by atoms with E-state index in [1.807, 2.05) is 14.0 Å². The highest BCUT2D eigenvalue weighted by Gasteiger charge is 2.26. The van der Waals surface area contributed by atoms with Gasteiger partial charge in [-0.3, -0.25) is 0 Å². The third-order valence-electron chi connectivity index (χ3n) is 2.63. The molecule has 2 rings (SSSR count). The van der Waals surface area contributed by atoms with Gasteiger partial charge in [0.25, 0.3) is 0 Å². The third-order valence-corrected chi connectivity index (χ3v) is 3.94. The molecule has 0 bridgehead atoms. The van der Waals surface area contributed by atoms with Crippen molar-refractivity contribution >= 4 is 22.3 Å². The van der Waals surface area contributed by atoms with Crippen LogP contribution < -0.4 is 5.32 Å². The molecule has 1 aromatic rings. The summed E-state index contributed by atoms with van der Waals surface area (Å²) in [6.07, 6.45) is 3.29. The summed E-state index contributed by atoms with van der Waals surface area (Å²) in [6.45, 7) is 2.27. The Hall–Kier alpha value is -1.03. The number of fused-ring (bicyclic) bond motifs is 1. The number of nitrogens with one attached hydrogen (secondary N) is 1. The second kappa shape index (κ2) is 4.23. The van der Waals surface area contributed by atoms with Gasteiger partial charge in [0.1, 0.15) is 5.00 Å². The Morgan fingerprint density at radius 2 is 2.33 bits per heavy atom. The van der Waals surface area contributed by atoms with Gasteiger partial charge >= 0.3 is 5.97 Å². The molecule has 0 atom stereocenters. The van der Waals surface area contributed by atoms with Crippen LogP contribution in [0.4, 0.5) is 5.00 Å². The number of rotatable bonds is 3. The lowest BCUT2D eigenvalue weighted by molar-refractivity contribution is 0.0527. The fourth-order valence-electron chi connectivity index (χ4n) is 2.00. The molecule has 1 heterocycles. The maximum atomic E-state index is 11.8. The molecule has 82 valence electrons. The van der Waals surface area contributed by atoms with Crippen LogP contribution in [-0.2, 0) is 17.6 Å². The van der Waals surface area contributed by atoms with Gasteiger partial charge in [0.15, 0.2) is 0 Å². The summed E-state index contributed by atoms with van der Waals surface area (Å²) in [5.74, 6) is -0.179. The summed E-state index contributed by atoms with van der Waals surface area (Å²) in [6, 6.07) is 0. The number of esters is 1. The van der Waals surface area contributed by atoms with E-state index in [1.54, 1.807) is 11.3 Å². The summed E-state index contributed by atoms with van der Waals surface area (Å²) < 4.78 is 5.08. The molecule has 3 nitrogen and oxygen atoms in total. The number of hydrogen-bond acceptors (Lipinski definition) is 4. The van der Waals surface area contributed by atoms with Gasteiger partial charge in [-0.1, -0.05) is 0 Å². The van der Waals surface area contributed by atoms with E-state index >= 15 is 0 Å². The Kier molecular flexibility index (Phi) is 2.95. The average Bonchev–Trinajstić information content (AvgIpc) is 2.75. The second-order valence-electron chi connectivity index (χ2n) is 3.53. The highest BCUT2D eigenvalue weighted by atomic mass is 32.1. The molecule has 0 fully saturated rings. The molecular formula is C11H15NO2S. The molecule has 1 aromatic heterocycles. The molecule has 0 spiro atoms. The third kappa shape index (κ3) is 1.74. The molecule has 0 aromatic carbocycles. The molecule has 0 unspecified atom stereocenters. The molecule has 1 aliphatic rings. The molecular weight excluding hydrogens is 210 g/mol. The van der Waals surface area contributed by atoms with E-state index in [1.165, 1.54) is 10.4 Å². The summed E-state index contributed by atoms with van der Waals surface area (Å²) in [4.78, 5) is 13.1. The van der Waals surface area contributed by atoms with E-state index in [-0.39, 0.29) is 5.97 Å². The normalized spacial score (nSPS) is 13.7. The Labute approximate surface area is 93.4 Å². The first-order valence-electron chi connectivity index (χ1n) is 5.27. The minimum atomic E-state index is -0.179. The number of anilines is 1. The van der Waals surface area contributed by atoms with Crippen molar-refractivity contribution in [3.63, 3.8) is 0 Å². The molecule has 1 aliphatic carbocycles. The van der Waals surface area contributed by atoms with E-state index in [0.29, 0.717) is 6.61 Å². The summed E-state index contributed by atoms with van der Waals surface area (Å²) in [5, 5.41) is 4.04. The van der Waals surface area contributed by atoms with Crippen LogP contribution in [0.15, 0.2) is 0 Å². The van der Waals surface area contributed by atoms with Crippen LogP contribution in [0.5, 0.6) is 0 Å². The van der Waals surface area contributed by atoms with Crippen molar-refractivity contribution in [1.82, 2.24) is 0 Å². The van der Waals surface area contributed by atoms with E-state index in [4.69, 9.17) is 4.74 Å². The number of ether oxygens (including phenoxy) is 1. The van der Waals surface area contributed by atoms with Crippen molar-refractivity contribution in [1.29, 1.82) is 0 Å². The van der Waals surface area contributed by atoms with Crippen molar-refractivity contribution in [2.75, 3.05) is 19.0 Å². The van der Waals surface area contributed by atoms with Crippen LogP contribution in [0.2, 0.25) is 0 Å². The average molecular weight is 225 g/mol. The first-order valence-corrected chi connectivity index (χ1v) is 6.09. The predicted octanol–water partition coefficient (Wildman–Crippen LogP) is 2.46. The quantitative estimate of drug-likeness (QED) is 0.803. The first kappa shape index (κ1) is 10.5. The van der Waals surface area contributed by atoms with Crippen LogP contribution in [-0.4, -0.2) is 19.6 Å². The lowest BCUT2D eigenvalue weighted by atomic mass is 10.1. The predicted molar refractivity (Wildman–Crippen MR) is 61.8 cm³/mol. The van der Waals surface area contributed by atoms with Crippen molar-refractivity contribution in [3.05, 3.63) is 16.0 Å². The zero-order chi connectivity index (χ0) is 10.8.